The molecule has 2 nitrogen and oxygen atoms in total. The highest BCUT2D eigenvalue weighted by molar-refractivity contribution is 7.99. The van der Waals surface area contributed by atoms with Gasteiger partial charge < -0.3 is 0 Å². The number of nitrogens with one attached hydrogen (secondary N) is 1. The minimum atomic E-state index is 1.03. The van der Waals surface area contributed by atoms with Crippen molar-refractivity contribution in [3.63, 3.8) is 0 Å². The number of aromatic nitrogens is 2. The molecule has 0 aromatic carbocycles. The number of aryl methyl sites for hydroxylation is 2. The Hall–Kier alpha value is -0.440. The predicted molar refractivity (Wildman–Crippen MR) is 54.7 cm³/mol. The highest BCUT2D eigenvalue weighted by Gasteiger charge is 1.97. The Morgan fingerprint density at radius 2 is 2.33 bits per heavy atom. The molecule has 0 aliphatic heterocycles. The van der Waals surface area contributed by atoms with Gasteiger partial charge >= 0.3 is 0 Å². The molecule has 0 saturated heterocycles. The van der Waals surface area contributed by atoms with Crippen molar-refractivity contribution in [2.75, 3.05) is 11.5 Å². The molecule has 68 valence electrons. The Morgan fingerprint density at radius 3 is 2.92 bits per heavy atom. The monoisotopic (exact) mass is 184 g/mol. The van der Waals surface area contributed by atoms with Crippen LogP contribution in [0.3, 0.4) is 0 Å². The Bertz CT molecular complexity index is 220. The summed E-state index contributed by atoms with van der Waals surface area (Å²) < 4.78 is 0. The van der Waals surface area contributed by atoms with Crippen LogP contribution in [0, 0.1) is 0 Å². The fourth-order valence-electron chi connectivity index (χ4n) is 1.04. The van der Waals surface area contributed by atoms with Crippen LogP contribution in [0.15, 0.2) is 6.07 Å². The quantitative estimate of drug-likeness (QED) is 0.711. The highest BCUT2D eigenvalue weighted by Crippen LogP contribution is 2.05. The highest BCUT2D eigenvalue weighted by atomic mass is 32.2. The third-order valence-corrected chi connectivity index (χ3v) is 2.67. The molecule has 3 heteroatoms. The first-order valence-corrected chi connectivity index (χ1v) is 5.63. The molecular formula is C9H16N2S. The number of H-pyrrole nitrogens is 1. The van der Waals surface area contributed by atoms with Gasteiger partial charge in [0.15, 0.2) is 0 Å². The van der Waals surface area contributed by atoms with Crippen molar-refractivity contribution < 1.29 is 0 Å². The number of nitrogens with zero attached hydrogens (tertiary/aromatic N) is 1. The summed E-state index contributed by atoms with van der Waals surface area (Å²) in [5.41, 5.74) is 2.44. The Labute approximate surface area is 78.1 Å². The molecule has 1 rings (SSSR count). The topological polar surface area (TPSA) is 28.7 Å². The molecule has 0 unspecified atom stereocenters. The molecule has 0 spiro atoms. The Morgan fingerprint density at radius 1 is 1.50 bits per heavy atom. The van der Waals surface area contributed by atoms with Gasteiger partial charge in [-0.1, -0.05) is 13.8 Å². The molecule has 0 atom stereocenters. The van der Waals surface area contributed by atoms with Crippen LogP contribution in [-0.2, 0) is 12.8 Å². The lowest BCUT2D eigenvalue weighted by Gasteiger charge is -1.94. The molecule has 1 aromatic rings. The molecule has 0 aliphatic rings. The number of aromatic amines is 1. The summed E-state index contributed by atoms with van der Waals surface area (Å²) in [4.78, 5) is 0. The standard InChI is InChI=1S/C9H16N2S/c1-3-8-7-9(11-10-8)5-6-12-4-2/h7H,3-6H2,1-2H3,(H,10,11). The predicted octanol–water partition coefficient (Wildman–Crippen LogP) is 2.27. The summed E-state index contributed by atoms with van der Waals surface area (Å²) in [6.07, 6.45) is 2.14. The van der Waals surface area contributed by atoms with E-state index in [1.807, 2.05) is 11.8 Å². The number of rotatable bonds is 5. The van der Waals surface area contributed by atoms with Gasteiger partial charge in [0.2, 0.25) is 0 Å². The minimum absolute atomic E-state index is 1.03. The number of hydrogen-bond donors (Lipinski definition) is 1. The van der Waals surface area contributed by atoms with Gasteiger partial charge in [0, 0.05) is 5.69 Å². The van der Waals surface area contributed by atoms with Crippen molar-refractivity contribution in [3.8, 4) is 0 Å². The molecule has 0 aliphatic carbocycles. The zero-order chi connectivity index (χ0) is 8.81. The van der Waals surface area contributed by atoms with E-state index in [2.05, 4.69) is 30.1 Å². The molecule has 1 N–H and O–H groups in total. The lowest BCUT2D eigenvalue weighted by Crippen LogP contribution is -1.88. The lowest BCUT2D eigenvalue weighted by molar-refractivity contribution is 0.939. The van der Waals surface area contributed by atoms with Gasteiger partial charge in [-0.05, 0) is 30.4 Å². The maximum atomic E-state index is 4.18. The van der Waals surface area contributed by atoms with E-state index in [9.17, 15) is 0 Å². The molecule has 0 fully saturated rings. The van der Waals surface area contributed by atoms with Crippen molar-refractivity contribution in [2.24, 2.45) is 0 Å². The van der Waals surface area contributed by atoms with Crippen molar-refractivity contribution in [2.45, 2.75) is 26.7 Å². The van der Waals surface area contributed by atoms with E-state index in [0.717, 1.165) is 12.8 Å². The molecule has 1 heterocycles. The molecule has 12 heavy (non-hydrogen) atoms. The first-order valence-electron chi connectivity index (χ1n) is 4.47. The molecule has 0 radical (unpaired) electrons. The van der Waals surface area contributed by atoms with Crippen molar-refractivity contribution in [1.29, 1.82) is 0 Å². The Balaban J connectivity index is 2.31. The number of thioether (sulfide) groups is 1. The van der Waals surface area contributed by atoms with Gasteiger partial charge in [-0.15, -0.1) is 0 Å². The van der Waals surface area contributed by atoms with Gasteiger partial charge in [-0.25, -0.2) is 0 Å². The molecule has 0 bridgehead atoms. The molecular weight excluding hydrogens is 168 g/mol. The van der Waals surface area contributed by atoms with Crippen molar-refractivity contribution >= 4 is 11.8 Å². The Kier molecular flexibility index (Phi) is 4.22. The van der Waals surface area contributed by atoms with Crippen LogP contribution in [0.1, 0.15) is 25.2 Å². The first-order chi connectivity index (χ1) is 5.86. The SMILES string of the molecule is CCSCCc1cc(CC)n[nH]1. The summed E-state index contributed by atoms with van der Waals surface area (Å²) >= 11 is 1.97. The van der Waals surface area contributed by atoms with Crippen LogP contribution in [-0.4, -0.2) is 21.7 Å². The van der Waals surface area contributed by atoms with Gasteiger partial charge in [-0.3, -0.25) is 5.10 Å². The zero-order valence-electron chi connectivity index (χ0n) is 7.76. The van der Waals surface area contributed by atoms with E-state index in [4.69, 9.17) is 0 Å². The van der Waals surface area contributed by atoms with Crippen LogP contribution < -0.4 is 0 Å². The fourth-order valence-corrected chi connectivity index (χ4v) is 1.70. The van der Waals surface area contributed by atoms with Crippen LogP contribution in [0.5, 0.6) is 0 Å². The smallest absolute Gasteiger partial charge is 0.0622 e. The largest absolute Gasteiger partial charge is 0.282 e. The van der Waals surface area contributed by atoms with E-state index < -0.39 is 0 Å². The minimum Gasteiger partial charge on any atom is -0.282 e. The summed E-state index contributed by atoms with van der Waals surface area (Å²) in [5, 5.41) is 7.23. The summed E-state index contributed by atoms with van der Waals surface area (Å²) in [6, 6.07) is 2.16. The third kappa shape index (κ3) is 2.89. The van der Waals surface area contributed by atoms with E-state index in [1.165, 1.54) is 22.9 Å². The maximum absolute atomic E-state index is 4.18. The van der Waals surface area contributed by atoms with Gasteiger partial charge in [0.25, 0.3) is 0 Å². The van der Waals surface area contributed by atoms with Crippen LogP contribution >= 0.6 is 11.8 Å². The molecule has 0 saturated carbocycles. The van der Waals surface area contributed by atoms with Crippen molar-refractivity contribution in [1.82, 2.24) is 10.2 Å². The van der Waals surface area contributed by atoms with Crippen LogP contribution in [0.4, 0.5) is 0 Å². The average Bonchev–Trinajstić information content (AvgIpc) is 2.53. The fraction of sp³-hybridized carbons (Fsp3) is 0.667. The zero-order valence-corrected chi connectivity index (χ0v) is 8.58. The average molecular weight is 184 g/mol. The third-order valence-electron chi connectivity index (χ3n) is 1.77. The first kappa shape index (κ1) is 9.65. The van der Waals surface area contributed by atoms with Gasteiger partial charge in [0.1, 0.15) is 0 Å². The second-order valence-electron chi connectivity index (χ2n) is 2.68. The maximum Gasteiger partial charge on any atom is 0.0622 e. The normalized spacial score (nSPS) is 10.5. The second-order valence-corrected chi connectivity index (χ2v) is 4.08. The van der Waals surface area contributed by atoms with E-state index in [1.54, 1.807) is 0 Å². The molecule has 1 aromatic heterocycles. The van der Waals surface area contributed by atoms with E-state index in [0.29, 0.717) is 0 Å². The molecule has 0 amide bonds. The van der Waals surface area contributed by atoms with E-state index in [-0.39, 0.29) is 0 Å². The lowest BCUT2D eigenvalue weighted by atomic mass is 10.3. The van der Waals surface area contributed by atoms with Gasteiger partial charge in [-0.2, -0.15) is 16.9 Å². The second kappa shape index (κ2) is 5.25. The van der Waals surface area contributed by atoms with Crippen molar-refractivity contribution in [3.05, 3.63) is 17.5 Å². The van der Waals surface area contributed by atoms with Gasteiger partial charge in [0.05, 0.1) is 5.69 Å². The number of hydrogen-bond acceptors (Lipinski definition) is 2. The van der Waals surface area contributed by atoms with Crippen LogP contribution in [0.25, 0.3) is 0 Å². The summed E-state index contributed by atoms with van der Waals surface area (Å²) in [7, 11) is 0. The van der Waals surface area contributed by atoms with Crippen LogP contribution in [0.2, 0.25) is 0 Å². The summed E-state index contributed by atoms with van der Waals surface area (Å²) in [6.45, 7) is 4.32. The summed E-state index contributed by atoms with van der Waals surface area (Å²) in [5.74, 6) is 2.40. The van der Waals surface area contributed by atoms with E-state index >= 15 is 0 Å².